The number of piperazine rings is 1. The van der Waals surface area contributed by atoms with Gasteiger partial charge in [-0.15, -0.1) is 0 Å². The minimum atomic E-state index is -4.62. The van der Waals surface area contributed by atoms with Gasteiger partial charge in [0.15, 0.2) is 12.4 Å². The number of ether oxygens (including phenoxy) is 1. The Morgan fingerprint density at radius 2 is 2.03 bits per heavy atom. The zero-order valence-corrected chi connectivity index (χ0v) is 22.3. The van der Waals surface area contributed by atoms with Crippen LogP contribution in [0.2, 0.25) is 0 Å². The highest BCUT2D eigenvalue weighted by molar-refractivity contribution is 14.1. The van der Waals surface area contributed by atoms with Crippen LogP contribution in [-0.4, -0.2) is 63.5 Å². The predicted octanol–water partition coefficient (Wildman–Crippen LogP) is 5.82. The van der Waals surface area contributed by atoms with Crippen molar-refractivity contribution in [3.05, 3.63) is 19.9 Å². The second-order valence-corrected chi connectivity index (χ2v) is 11.6. The van der Waals surface area contributed by atoms with Crippen LogP contribution >= 0.6 is 38.5 Å². The third kappa shape index (κ3) is 4.26. The molecule has 2 atom stereocenters. The summed E-state index contributed by atoms with van der Waals surface area (Å²) in [6.45, 7) is 4.79. The molecule has 186 valence electrons. The van der Waals surface area contributed by atoms with Crippen LogP contribution in [0, 0.1) is 14.8 Å². The molecule has 0 unspecified atom stereocenters. The average molecular weight is 661 g/mol. The van der Waals surface area contributed by atoms with E-state index in [1.165, 1.54) is 4.90 Å². The molecular weight excluding hydrogens is 639 g/mol. The number of carbonyl (C=O) groups is 1. The van der Waals surface area contributed by atoms with Gasteiger partial charge in [-0.05, 0) is 62.8 Å². The molecule has 2 saturated heterocycles. The Hall–Kier alpha value is -1.64. The van der Waals surface area contributed by atoms with Crippen LogP contribution in [0.5, 0.6) is 6.01 Å². The van der Waals surface area contributed by atoms with Gasteiger partial charge in [0.05, 0.1) is 16.1 Å². The number of halogens is 6. The summed E-state index contributed by atoms with van der Waals surface area (Å²) in [6, 6.07) is 0.723. The fraction of sp³-hybridized carbons (Fsp3) is 0.571. The molecule has 2 fully saturated rings. The van der Waals surface area contributed by atoms with Crippen LogP contribution in [0.1, 0.15) is 33.6 Å². The molecule has 1 aromatic heterocycles. The number of amides is 1. The van der Waals surface area contributed by atoms with Crippen LogP contribution in [0.3, 0.4) is 0 Å². The summed E-state index contributed by atoms with van der Waals surface area (Å²) in [5, 5.41) is 10.3. The number of alkyl halides is 3. The van der Waals surface area contributed by atoms with Gasteiger partial charge in [-0.1, -0.05) is 20.8 Å². The standard InChI is InChI=1S/C21H22BrF4IN4O3/c1-19(2,3)20-5-4-10(31(20)18(32)33)7-30(8-20)16-11-6-12(27)13(22)14(23)15(11)28-17(29-16)34-9-21(24,25)26/h6,10H,4-5,7-9H2,1-3H3,(H,32,33)/t10-,20-/m1/s1. The summed E-state index contributed by atoms with van der Waals surface area (Å²) >= 11 is 5.10. The maximum Gasteiger partial charge on any atom is 0.422 e. The molecule has 2 bridgehead atoms. The monoisotopic (exact) mass is 660 g/mol. The number of nitrogens with zero attached hydrogens (tertiary/aromatic N) is 4. The van der Waals surface area contributed by atoms with E-state index in [0.717, 1.165) is 0 Å². The lowest BCUT2D eigenvalue weighted by Crippen LogP contribution is -2.68. The van der Waals surface area contributed by atoms with Crippen molar-refractivity contribution in [2.24, 2.45) is 5.41 Å². The van der Waals surface area contributed by atoms with Crippen molar-refractivity contribution >= 4 is 61.3 Å². The quantitative estimate of drug-likeness (QED) is 0.254. The molecule has 2 aliphatic heterocycles. The molecule has 1 N–H and O–H groups in total. The second kappa shape index (κ2) is 8.49. The summed E-state index contributed by atoms with van der Waals surface area (Å²) in [5.41, 5.74) is -1.38. The van der Waals surface area contributed by atoms with Crippen LogP contribution in [-0.2, 0) is 0 Å². The van der Waals surface area contributed by atoms with Crippen LogP contribution in [0.25, 0.3) is 10.9 Å². The third-order valence-corrected chi connectivity index (χ3v) is 9.02. The Labute approximate surface area is 215 Å². The SMILES string of the molecule is CC(C)(C)[C@@]12CC[C@H](CN(c3nc(OCC(F)(F)F)nc4c(F)c(Br)c(I)cc34)C1)N2C(=O)O. The number of hydrogen-bond acceptors (Lipinski definition) is 5. The van der Waals surface area contributed by atoms with E-state index >= 15 is 4.39 Å². The van der Waals surface area contributed by atoms with Crippen molar-refractivity contribution in [1.82, 2.24) is 14.9 Å². The molecule has 1 aromatic carbocycles. The van der Waals surface area contributed by atoms with Crippen molar-refractivity contribution < 1.29 is 32.2 Å². The fourth-order valence-electron chi connectivity index (χ4n) is 5.03. The number of hydrogen-bond donors (Lipinski definition) is 1. The molecule has 0 spiro atoms. The lowest BCUT2D eigenvalue weighted by atomic mass is 9.71. The van der Waals surface area contributed by atoms with Gasteiger partial charge in [0.1, 0.15) is 11.3 Å². The molecular formula is C21H22BrF4IN4O3. The van der Waals surface area contributed by atoms with Crippen LogP contribution in [0.4, 0.5) is 28.2 Å². The van der Waals surface area contributed by atoms with Crippen molar-refractivity contribution in [3.8, 4) is 6.01 Å². The van der Waals surface area contributed by atoms with Gasteiger partial charge < -0.3 is 14.7 Å². The first-order valence-electron chi connectivity index (χ1n) is 10.5. The summed E-state index contributed by atoms with van der Waals surface area (Å²) < 4.78 is 58.9. The Balaban J connectivity index is 1.87. The van der Waals surface area contributed by atoms with Gasteiger partial charge in [0.2, 0.25) is 0 Å². The second-order valence-electron chi connectivity index (χ2n) is 9.62. The Kier molecular flexibility index (Phi) is 6.35. The summed E-state index contributed by atoms with van der Waals surface area (Å²) in [7, 11) is 0. The topological polar surface area (TPSA) is 78.8 Å². The van der Waals surface area contributed by atoms with Gasteiger partial charge in [-0.25, -0.2) is 9.18 Å². The van der Waals surface area contributed by atoms with Gasteiger partial charge in [-0.2, -0.15) is 23.1 Å². The smallest absolute Gasteiger partial charge is 0.422 e. The molecule has 0 aliphatic carbocycles. The number of anilines is 1. The van der Waals surface area contributed by atoms with Crippen molar-refractivity contribution in [1.29, 1.82) is 0 Å². The maximum atomic E-state index is 15.1. The third-order valence-electron chi connectivity index (χ3n) is 6.65. The molecule has 0 saturated carbocycles. The van der Waals surface area contributed by atoms with E-state index in [1.807, 2.05) is 48.3 Å². The molecule has 3 heterocycles. The van der Waals surface area contributed by atoms with E-state index < -0.39 is 41.7 Å². The fourth-order valence-corrected chi connectivity index (χ4v) is 5.88. The lowest BCUT2D eigenvalue weighted by molar-refractivity contribution is -0.154. The summed E-state index contributed by atoms with van der Waals surface area (Å²) in [6.07, 6.45) is -4.37. The van der Waals surface area contributed by atoms with Gasteiger partial charge in [0, 0.05) is 22.0 Å². The lowest BCUT2D eigenvalue weighted by Gasteiger charge is -2.54. The number of benzene rings is 1. The summed E-state index contributed by atoms with van der Waals surface area (Å²) in [4.78, 5) is 23.7. The highest BCUT2D eigenvalue weighted by atomic mass is 127. The van der Waals surface area contributed by atoms with E-state index in [1.54, 1.807) is 6.07 Å². The van der Waals surface area contributed by atoms with E-state index in [-0.39, 0.29) is 34.9 Å². The Bertz CT molecular complexity index is 1160. The van der Waals surface area contributed by atoms with Crippen LogP contribution < -0.4 is 9.64 Å². The zero-order valence-electron chi connectivity index (χ0n) is 18.5. The van der Waals surface area contributed by atoms with Gasteiger partial charge in [0.25, 0.3) is 0 Å². The minimum Gasteiger partial charge on any atom is -0.465 e. The van der Waals surface area contributed by atoms with Crippen molar-refractivity contribution in [3.63, 3.8) is 0 Å². The largest absolute Gasteiger partial charge is 0.465 e. The highest BCUT2D eigenvalue weighted by Gasteiger charge is 2.59. The van der Waals surface area contributed by atoms with E-state index in [0.29, 0.717) is 21.8 Å². The number of aromatic nitrogens is 2. The molecule has 2 aliphatic rings. The van der Waals surface area contributed by atoms with E-state index in [4.69, 9.17) is 4.74 Å². The first-order valence-corrected chi connectivity index (χ1v) is 12.3. The first-order chi connectivity index (χ1) is 15.6. The van der Waals surface area contributed by atoms with E-state index in [9.17, 15) is 23.1 Å². The molecule has 7 nitrogen and oxygen atoms in total. The number of carboxylic acid groups (broad SMARTS) is 1. The molecule has 0 radical (unpaired) electrons. The summed E-state index contributed by atoms with van der Waals surface area (Å²) in [5.74, 6) is -0.517. The van der Waals surface area contributed by atoms with Crippen molar-refractivity contribution in [2.75, 3.05) is 24.6 Å². The molecule has 1 amide bonds. The average Bonchev–Trinajstić information content (AvgIpc) is 2.98. The zero-order chi connectivity index (χ0) is 25.2. The normalized spacial score (nSPS) is 23.0. The van der Waals surface area contributed by atoms with Crippen molar-refractivity contribution in [2.45, 2.75) is 51.4 Å². The van der Waals surface area contributed by atoms with E-state index in [2.05, 4.69) is 25.9 Å². The van der Waals surface area contributed by atoms with Gasteiger partial charge >= 0.3 is 18.3 Å². The minimum absolute atomic E-state index is 0.133. The number of fused-ring (bicyclic) bond motifs is 3. The Morgan fingerprint density at radius 3 is 2.62 bits per heavy atom. The van der Waals surface area contributed by atoms with Crippen LogP contribution in [0.15, 0.2) is 10.5 Å². The highest BCUT2D eigenvalue weighted by Crippen LogP contribution is 2.50. The predicted molar refractivity (Wildman–Crippen MR) is 129 cm³/mol. The first kappa shape index (κ1) is 25.5. The molecule has 4 rings (SSSR count). The molecule has 2 aromatic rings. The molecule has 34 heavy (non-hydrogen) atoms. The molecule has 13 heteroatoms. The Morgan fingerprint density at radius 1 is 1.35 bits per heavy atom. The maximum absolute atomic E-state index is 15.1. The number of rotatable bonds is 3. The van der Waals surface area contributed by atoms with Gasteiger partial charge in [-0.3, -0.25) is 4.90 Å².